The van der Waals surface area contributed by atoms with Gasteiger partial charge in [0.2, 0.25) is 0 Å². The topological polar surface area (TPSA) is 67.1 Å². The normalized spacial score (nSPS) is 15.2. The van der Waals surface area contributed by atoms with Crippen LogP contribution in [0.4, 0.5) is 11.6 Å². The van der Waals surface area contributed by atoms with Crippen LogP contribution < -0.4 is 16.1 Å². The Hall–Kier alpha value is -2.57. The van der Waals surface area contributed by atoms with E-state index >= 15 is 0 Å². The third-order valence-corrected chi connectivity index (χ3v) is 4.99. The zero-order chi connectivity index (χ0) is 17.8. The molecular weight excluding hydrogens is 323 g/mol. The van der Waals surface area contributed by atoms with Gasteiger partial charge in [0.1, 0.15) is 19.5 Å². The van der Waals surface area contributed by atoms with Crippen LogP contribution in [0.25, 0.3) is 5.65 Å². The standard InChI is InChI=1S/C19H23BN6/c20-16-13-24-26-18(23-12-15-7-4-8-21-10-15)9-17(25-19(16)26)22-11-14-5-2-1-3-6-14/h4,7-10,13-14,23H,1-3,5-6,11-12H2,(H,22,25). The van der Waals surface area contributed by atoms with E-state index in [0.717, 1.165) is 29.7 Å². The van der Waals surface area contributed by atoms with Gasteiger partial charge in [-0.15, -0.1) is 0 Å². The molecule has 1 aliphatic rings. The molecule has 6 nitrogen and oxygen atoms in total. The molecule has 1 fully saturated rings. The van der Waals surface area contributed by atoms with E-state index in [1.54, 1.807) is 16.9 Å². The Morgan fingerprint density at radius 1 is 1.15 bits per heavy atom. The van der Waals surface area contributed by atoms with Crippen LogP contribution in [0.5, 0.6) is 0 Å². The van der Waals surface area contributed by atoms with Crippen molar-refractivity contribution in [1.29, 1.82) is 0 Å². The summed E-state index contributed by atoms with van der Waals surface area (Å²) in [5, 5.41) is 11.3. The first-order valence-electron chi connectivity index (χ1n) is 9.30. The maximum Gasteiger partial charge on any atom is 0.152 e. The summed E-state index contributed by atoms with van der Waals surface area (Å²) >= 11 is 0. The third-order valence-electron chi connectivity index (χ3n) is 4.99. The van der Waals surface area contributed by atoms with Crippen molar-refractivity contribution in [3.05, 3.63) is 42.4 Å². The van der Waals surface area contributed by atoms with E-state index in [1.165, 1.54) is 32.1 Å². The highest BCUT2D eigenvalue weighted by atomic mass is 15.3. The largest absolute Gasteiger partial charge is 0.370 e. The SMILES string of the molecule is [B]c1cnn2c(NCc3cccnc3)cc(NCC3CCCCC3)nc12. The Bertz CT molecular complexity index is 857. The molecule has 4 rings (SSSR count). The maximum absolute atomic E-state index is 6.05. The summed E-state index contributed by atoms with van der Waals surface area (Å²) in [6.45, 7) is 1.62. The molecule has 2 N–H and O–H groups in total. The molecule has 132 valence electrons. The van der Waals surface area contributed by atoms with Gasteiger partial charge >= 0.3 is 0 Å². The van der Waals surface area contributed by atoms with Crippen LogP contribution in [0.2, 0.25) is 0 Å². The number of aromatic nitrogens is 4. The number of hydrogen-bond acceptors (Lipinski definition) is 5. The third kappa shape index (κ3) is 3.82. The predicted octanol–water partition coefficient (Wildman–Crippen LogP) is 2.52. The highest BCUT2D eigenvalue weighted by Gasteiger charge is 2.14. The van der Waals surface area contributed by atoms with E-state index in [1.807, 2.05) is 24.4 Å². The summed E-state index contributed by atoms with van der Waals surface area (Å²) in [6, 6.07) is 5.97. The molecule has 1 saturated carbocycles. The molecule has 26 heavy (non-hydrogen) atoms. The van der Waals surface area contributed by atoms with Gasteiger partial charge in [0.05, 0.1) is 0 Å². The Labute approximate surface area is 154 Å². The molecule has 0 aromatic carbocycles. The Balaban J connectivity index is 1.52. The molecule has 0 spiro atoms. The molecule has 0 aliphatic heterocycles. The summed E-state index contributed by atoms with van der Waals surface area (Å²) in [4.78, 5) is 8.80. The second kappa shape index (κ2) is 7.76. The first-order valence-corrected chi connectivity index (χ1v) is 9.30. The fourth-order valence-corrected chi connectivity index (χ4v) is 3.53. The van der Waals surface area contributed by atoms with E-state index < -0.39 is 0 Å². The van der Waals surface area contributed by atoms with Crippen LogP contribution in [0.1, 0.15) is 37.7 Å². The summed E-state index contributed by atoms with van der Waals surface area (Å²) in [6.07, 6.45) is 11.9. The molecule has 0 saturated heterocycles. The summed E-state index contributed by atoms with van der Waals surface area (Å²) in [5.41, 5.74) is 2.36. The van der Waals surface area contributed by atoms with Gasteiger partial charge in [0, 0.05) is 37.7 Å². The fourth-order valence-electron chi connectivity index (χ4n) is 3.53. The lowest BCUT2D eigenvalue weighted by atomic mass is 9.89. The van der Waals surface area contributed by atoms with Gasteiger partial charge < -0.3 is 10.6 Å². The van der Waals surface area contributed by atoms with Crippen molar-refractivity contribution >= 4 is 30.6 Å². The average Bonchev–Trinajstić information content (AvgIpc) is 3.07. The van der Waals surface area contributed by atoms with Crippen LogP contribution in [0.3, 0.4) is 0 Å². The van der Waals surface area contributed by atoms with Gasteiger partial charge in [0.15, 0.2) is 5.65 Å². The van der Waals surface area contributed by atoms with E-state index in [2.05, 4.69) is 25.7 Å². The average molecular weight is 346 g/mol. The first kappa shape index (κ1) is 16.9. The van der Waals surface area contributed by atoms with Crippen LogP contribution in [-0.4, -0.2) is 34.0 Å². The lowest BCUT2D eigenvalue weighted by molar-refractivity contribution is 0.373. The van der Waals surface area contributed by atoms with Crippen molar-refractivity contribution in [3.8, 4) is 0 Å². The van der Waals surface area contributed by atoms with Crippen molar-refractivity contribution in [2.24, 2.45) is 5.92 Å². The summed E-state index contributed by atoms with van der Waals surface area (Å²) in [5.74, 6) is 2.43. The van der Waals surface area contributed by atoms with Gasteiger partial charge in [-0.3, -0.25) is 4.98 Å². The molecule has 7 heteroatoms. The van der Waals surface area contributed by atoms with Crippen molar-refractivity contribution < 1.29 is 0 Å². The zero-order valence-electron chi connectivity index (χ0n) is 14.9. The minimum absolute atomic E-state index is 0.579. The lowest BCUT2D eigenvalue weighted by Crippen LogP contribution is -2.18. The molecule has 2 radical (unpaired) electrons. The fraction of sp³-hybridized carbons (Fsp3) is 0.421. The van der Waals surface area contributed by atoms with Crippen LogP contribution in [0.15, 0.2) is 36.8 Å². The van der Waals surface area contributed by atoms with Crippen LogP contribution >= 0.6 is 0 Å². The van der Waals surface area contributed by atoms with Crippen molar-refractivity contribution in [3.63, 3.8) is 0 Å². The number of fused-ring (bicyclic) bond motifs is 1. The van der Waals surface area contributed by atoms with E-state index in [-0.39, 0.29) is 0 Å². The van der Waals surface area contributed by atoms with Gasteiger partial charge in [0.25, 0.3) is 0 Å². The molecule has 0 amide bonds. The zero-order valence-corrected chi connectivity index (χ0v) is 14.9. The maximum atomic E-state index is 6.05. The van der Waals surface area contributed by atoms with Gasteiger partial charge in [-0.05, 0) is 35.9 Å². The number of nitrogens with zero attached hydrogens (tertiary/aromatic N) is 4. The van der Waals surface area contributed by atoms with Crippen LogP contribution in [0, 0.1) is 5.92 Å². The smallest absolute Gasteiger partial charge is 0.152 e. The molecule has 3 heterocycles. The monoisotopic (exact) mass is 346 g/mol. The minimum Gasteiger partial charge on any atom is -0.370 e. The Morgan fingerprint density at radius 2 is 2.04 bits per heavy atom. The highest BCUT2D eigenvalue weighted by molar-refractivity contribution is 6.36. The van der Waals surface area contributed by atoms with Gasteiger partial charge in [-0.2, -0.15) is 9.61 Å². The number of pyridine rings is 1. The predicted molar refractivity (Wildman–Crippen MR) is 105 cm³/mol. The quantitative estimate of drug-likeness (QED) is 0.672. The van der Waals surface area contributed by atoms with Gasteiger partial charge in [-0.1, -0.05) is 25.3 Å². The molecule has 0 bridgehead atoms. The second-order valence-electron chi connectivity index (χ2n) is 6.96. The highest BCUT2D eigenvalue weighted by Crippen LogP contribution is 2.24. The Kier molecular flexibility index (Phi) is 5.04. The lowest BCUT2D eigenvalue weighted by Gasteiger charge is -2.22. The molecule has 3 aromatic heterocycles. The molecule has 1 aliphatic carbocycles. The van der Waals surface area contributed by atoms with Crippen molar-refractivity contribution in [1.82, 2.24) is 19.6 Å². The first-order chi connectivity index (χ1) is 12.8. The second-order valence-corrected chi connectivity index (χ2v) is 6.96. The minimum atomic E-state index is 0.579. The molecule has 3 aromatic rings. The number of nitrogens with one attached hydrogen (secondary N) is 2. The van der Waals surface area contributed by atoms with Crippen molar-refractivity contribution in [2.75, 3.05) is 17.2 Å². The van der Waals surface area contributed by atoms with E-state index in [0.29, 0.717) is 17.7 Å². The number of anilines is 2. The summed E-state index contributed by atoms with van der Waals surface area (Å²) in [7, 11) is 6.05. The summed E-state index contributed by atoms with van der Waals surface area (Å²) < 4.78 is 1.75. The number of rotatable bonds is 6. The molecule has 0 atom stereocenters. The molecular formula is C19H23BN6. The van der Waals surface area contributed by atoms with Crippen molar-refractivity contribution in [2.45, 2.75) is 38.6 Å². The molecule has 0 unspecified atom stereocenters. The van der Waals surface area contributed by atoms with E-state index in [4.69, 9.17) is 7.85 Å². The Morgan fingerprint density at radius 3 is 2.85 bits per heavy atom. The van der Waals surface area contributed by atoms with Crippen LogP contribution in [-0.2, 0) is 6.54 Å². The van der Waals surface area contributed by atoms with Gasteiger partial charge in [-0.25, -0.2) is 4.98 Å². The number of hydrogen-bond donors (Lipinski definition) is 2. The van der Waals surface area contributed by atoms with E-state index in [9.17, 15) is 0 Å².